The van der Waals surface area contributed by atoms with Gasteiger partial charge in [-0.3, -0.25) is 0 Å². The molecule has 3 heteroatoms. The Morgan fingerprint density at radius 2 is 2.31 bits per heavy atom. The highest BCUT2D eigenvalue weighted by Crippen LogP contribution is 2.29. The minimum Gasteiger partial charge on any atom is -0.497 e. The molecule has 0 saturated carbocycles. The highest BCUT2D eigenvalue weighted by molar-refractivity contribution is 8.00. The summed E-state index contributed by atoms with van der Waals surface area (Å²) in [5.41, 5.74) is 0. The SMILES string of the molecule is COc1cccc(SC2CCCCNC2)c1. The number of benzene rings is 1. The molecule has 1 unspecified atom stereocenters. The van der Waals surface area contributed by atoms with Crippen LogP contribution < -0.4 is 10.1 Å². The Labute approximate surface area is 102 Å². The van der Waals surface area contributed by atoms with E-state index in [1.54, 1.807) is 7.11 Å². The topological polar surface area (TPSA) is 21.3 Å². The molecule has 0 amide bonds. The van der Waals surface area contributed by atoms with Crippen LogP contribution in [0, 0.1) is 0 Å². The lowest BCUT2D eigenvalue weighted by Crippen LogP contribution is -2.22. The molecule has 1 aromatic rings. The lowest BCUT2D eigenvalue weighted by molar-refractivity contribution is 0.413. The molecule has 1 atom stereocenters. The van der Waals surface area contributed by atoms with E-state index in [0.717, 1.165) is 12.3 Å². The summed E-state index contributed by atoms with van der Waals surface area (Å²) in [6, 6.07) is 8.34. The van der Waals surface area contributed by atoms with Gasteiger partial charge in [0.15, 0.2) is 0 Å². The van der Waals surface area contributed by atoms with Crippen molar-refractivity contribution in [3.8, 4) is 5.75 Å². The van der Waals surface area contributed by atoms with Crippen LogP contribution in [0.1, 0.15) is 19.3 Å². The molecule has 1 fully saturated rings. The fraction of sp³-hybridized carbons (Fsp3) is 0.538. The maximum Gasteiger partial charge on any atom is 0.119 e. The molecule has 1 heterocycles. The molecule has 2 rings (SSSR count). The van der Waals surface area contributed by atoms with Gasteiger partial charge in [-0.25, -0.2) is 0 Å². The molecule has 0 spiro atoms. The maximum atomic E-state index is 5.24. The second-order valence-corrected chi connectivity index (χ2v) is 5.49. The van der Waals surface area contributed by atoms with Crippen molar-refractivity contribution in [3.63, 3.8) is 0 Å². The van der Waals surface area contributed by atoms with E-state index in [9.17, 15) is 0 Å². The quantitative estimate of drug-likeness (QED) is 0.873. The standard InChI is InChI=1S/C13H19NOS/c1-15-11-5-4-7-12(9-11)16-13-6-2-3-8-14-10-13/h4-5,7,9,13-14H,2-3,6,8,10H2,1H3. The van der Waals surface area contributed by atoms with Gasteiger partial charge < -0.3 is 10.1 Å². The van der Waals surface area contributed by atoms with Gasteiger partial charge in [0.1, 0.15) is 5.75 Å². The summed E-state index contributed by atoms with van der Waals surface area (Å²) in [6.07, 6.45) is 3.97. The van der Waals surface area contributed by atoms with Crippen LogP contribution in [0.3, 0.4) is 0 Å². The van der Waals surface area contributed by atoms with Gasteiger partial charge in [-0.05, 0) is 37.6 Å². The molecule has 0 aliphatic carbocycles. The van der Waals surface area contributed by atoms with Gasteiger partial charge in [-0.15, -0.1) is 11.8 Å². The molecule has 2 nitrogen and oxygen atoms in total. The number of rotatable bonds is 3. The Kier molecular flexibility index (Phi) is 4.55. The van der Waals surface area contributed by atoms with Gasteiger partial charge in [0.2, 0.25) is 0 Å². The van der Waals surface area contributed by atoms with E-state index in [-0.39, 0.29) is 0 Å². The minimum atomic E-state index is 0.703. The van der Waals surface area contributed by atoms with Crippen molar-refractivity contribution in [2.45, 2.75) is 29.4 Å². The summed E-state index contributed by atoms with van der Waals surface area (Å²) in [5, 5.41) is 4.20. The van der Waals surface area contributed by atoms with E-state index >= 15 is 0 Å². The summed E-state index contributed by atoms with van der Waals surface area (Å²) in [5.74, 6) is 0.951. The van der Waals surface area contributed by atoms with Crippen LogP contribution in [0.5, 0.6) is 5.75 Å². The van der Waals surface area contributed by atoms with E-state index < -0.39 is 0 Å². The van der Waals surface area contributed by atoms with Gasteiger partial charge in [0.25, 0.3) is 0 Å². The van der Waals surface area contributed by atoms with E-state index in [1.165, 1.54) is 30.7 Å². The van der Waals surface area contributed by atoms with Crippen LogP contribution >= 0.6 is 11.8 Å². The summed E-state index contributed by atoms with van der Waals surface area (Å²) < 4.78 is 5.24. The molecule has 1 saturated heterocycles. The number of thioether (sulfide) groups is 1. The average Bonchev–Trinajstić information content (AvgIpc) is 2.58. The molecule has 1 aliphatic heterocycles. The molecule has 0 aromatic heterocycles. The molecule has 16 heavy (non-hydrogen) atoms. The van der Waals surface area contributed by atoms with Crippen molar-refractivity contribution in [2.75, 3.05) is 20.2 Å². The van der Waals surface area contributed by atoms with Crippen LogP contribution in [0.25, 0.3) is 0 Å². The first-order chi connectivity index (χ1) is 7.88. The first-order valence-electron chi connectivity index (χ1n) is 5.90. The molecular weight excluding hydrogens is 218 g/mol. The van der Waals surface area contributed by atoms with Crippen LogP contribution in [0.2, 0.25) is 0 Å². The minimum absolute atomic E-state index is 0.703. The zero-order chi connectivity index (χ0) is 11.2. The van der Waals surface area contributed by atoms with Gasteiger partial charge >= 0.3 is 0 Å². The monoisotopic (exact) mass is 237 g/mol. The van der Waals surface area contributed by atoms with Crippen LogP contribution in [0.4, 0.5) is 0 Å². The second kappa shape index (κ2) is 6.16. The van der Waals surface area contributed by atoms with Gasteiger partial charge in [-0.2, -0.15) is 0 Å². The average molecular weight is 237 g/mol. The Bertz CT molecular complexity index is 321. The molecule has 0 radical (unpaired) electrons. The summed E-state index contributed by atoms with van der Waals surface area (Å²) in [4.78, 5) is 1.31. The maximum absolute atomic E-state index is 5.24. The van der Waals surface area contributed by atoms with Crippen LogP contribution in [0.15, 0.2) is 29.2 Å². The van der Waals surface area contributed by atoms with E-state index in [0.29, 0.717) is 5.25 Å². The molecule has 1 aromatic carbocycles. The predicted molar refractivity (Wildman–Crippen MR) is 69.4 cm³/mol. The van der Waals surface area contributed by atoms with Crippen molar-refractivity contribution in [3.05, 3.63) is 24.3 Å². The highest BCUT2D eigenvalue weighted by Gasteiger charge is 2.13. The third-order valence-corrected chi connectivity index (χ3v) is 4.11. The molecule has 88 valence electrons. The Morgan fingerprint density at radius 1 is 1.38 bits per heavy atom. The van der Waals surface area contributed by atoms with E-state index in [1.807, 2.05) is 17.8 Å². The van der Waals surface area contributed by atoms with Crippen molar-refractivity contribution in [1.82, 2.24) is 5.32 Å². The number of hydrogen-bond donors (Lipinski definition) is 1. The van der Waals surface area contributed by atoms with Crippen molar-refractivity contribution >= 4 is 11.8 Å². The normalized spacial score (nSPS) is 21.4. The smallest absolute Gasteiger partial charge is 0.119 e. The number of hydrogen-bond acceptors (Lipinski definition) is 3. The first-order valence-corrected chi connectivity index (χ1v) is 6.78. The lowest BCUT2D eigenvalue weighted by Gasteiger charge is -2.14. The summed E-state index contributed by atoms with van der Waals surface area (Å²) in [6.45, 7) is 2.30. The fourth-order valence-electron chi connectivity index (χ4n) is 1.95. The Morgan fingerprint density at radius 3 is 3.19 bits per heavy atom. The number of methoxy groups -OCH3 is 1. The highest BCUT2D eigenvalue weighted by atomic mass is 32.2. The predicted octanol–water partition coefficient (Wildman–Crippen LogP) is 2.93. The molecular formula is C13H19NOS. The molecule has 1 N–H and O–H groups in total. The summed E-state index contributed by atoms with van der Waals surface area (Å²) in [7, 11) is 1.72. The van der Waals surface area contributed by atoms with Crippen molar-refractivity contribution in [1.29, 1.82) is 0 Å². The zero-order valence-corrected chi connectivity index (χ0v) is 10.6. The van der Waals surface area contributed by atoms with E-state index in [4.69, 9.17) is 4.74 Å². The van der Waals surface area contributed by atoms with Gasteiger partial charge in [0, 0.05) is 16.7 Å². The van der Waals surface area contributed by atoms with Gasteiger partial charge in [-0.1, -0.05) is 12.5 Å². The Hall–Kier alpha value is -0.670. The second-order valence-electron chi connectivity index (χ2n) is 4.12. The van der Waals surface area contributed by atoms with Crippen LogP contribution in [-0.4, -0.2) is 25.4 Å². The lowest BCUT2D eigenvalue weighted by atomic mass is 10.2. The first kappa shape index (κ1) is 11.8. The van der Waals surface area contributed by atoms with Crippen molar-refractivity contribution in [2.24, 2.45) is 0 Å². The fourth-order valence-corrected chi connectivity index (χ4v) is 3.17. The summed E-state index contributed by atoms with van der Waals surface area (Å²) >= 11 is 1.96. The zero-order valence-electron chi connectivity index (χ0n) is 9.74. The van der Waals surface area contributed by atoms with Crippen molar-refractivity contribution < 1.29 is 4.74 Å². The molecule has 1 aliphatic rings. The Balaban J connectivity index is 1.96. The van der Waals surface area contributed by atoms with Crippen LogP contribution in [-0.2, 0) is 0 Å². The van der Waals surface area contributed by atoms with E-state index in [2.05, 4.69) is 23.5 Å². The number of ether oxygens (including phenoxy) is 1. The largest absolute Gasteiger partial charge is 0.497 e. The third-order valence-electron chi connectivity index (χ3n) is 2.85. The third kappa shape index (κ3) is 3.42. The molecule has 0 bridgehead atoms. The van der Waals surface area contributed by atoms with Gasteiger partial charge in [0.05, 0.1) is 7.11 Å². The number of nitrogens with one attached hydrogen (secondary N) is 1.